The lowest BCUT2D eigenvalue weighted by Crippen LogP contribution is -2.10. The maximum Gasteiger partial charge on any atom is 0.306 e. The van der Waals surface area contributed by atoms with Crippen molar-refractivity contribution in [2.75, 3.05) is 14.2 Å². The highest BCUT2D eigenvalue weighted by Gasteiger charge is 2.19. The summed E-state index contributed by atoms with van der Waals surface area (Å²) in [5.74, 6) is 1.59. The van der Waals surface area contributed by atoms with Crippen LogP contribution in [0.25, 0.3) is 11.5 Å². The van der Waals surface area contributed by atoms with Crippen LogP contribution in [-0.4, -0.2) is 30.4 Å². The Labute approximate surface area is 169 Å². The topological polar surface area (TPSA) is 83.7 Å². The van der Waals surface area contributed by atoms with E-state index < -0.39 is 6.10 Å². The molecule has 0 saturated heterocycles. The molecule has 7 nitrogen and oxygen atoms in total. The zero-order valence-corrected chi connectivity index (χ0v) is 17.0. The number of hydrogen-bond acceptors (Lipinski definition) is 7. The summed E-state index contributed by atoms with van der Waals surface area (Å²) in [6.45, 7) is 3.72. The van der Waals surface area contributed by atoms with E-state index in [0.717, 1.165) is 16.7 Å². The monoisotopic (exact) mass is 396 g/mol. The lowest BCUT2D eigenvalue weighted by molar-refractivity contribution is -0.149. The molecule has 3 rings (SSSR count). The summed E-state index contributed by atoms with van der Waals surface area (Å²) < 4.78 is 21.6. The molecule has 0 unspecified atom stereocenters. The van der Waals surface area contributed by atoms with Crippen molar-refractivity contribution in [3.8, 4) is 23.0 Å². The Hall–Kier alpha value is -3.35. The highest BCUT2D eigenvalue weighted by molar-refractivity contribution is 5.70. The van der Waals surface area contributed by atoms with Crippen LogP contribution >= 0.6 is 0 Å². The second kappa shape index (κ2) is 9.23. The van der Waals surface area contributed by atoms with Crippen molar-refractivity contribution in [2.45, 2.75) is 32.8 Å². The van der Waals surface area contributed by atoms with E-state index in [0.29, 0.717) is 23.8 Å². The molecule has 0 fully saturated rings. The smallest absolute Gasteiger partial charge is 0.306 e. The van der Waals surface area contributed by atoms with E-state index in [1.54, 1.807) is 21.1 Å². The van der Waals surface area contributed by atoms with Gasteiger partial charge in [-0.25, -0.2) is 0 Å². The van der Waals surface area contributed by atoms with E-state index in [1.165, 1.54) is 0 Å². The Morgan fingerprint density at radius 3 is 2.45 bits per heavy atom. The highest BCUT2D eigenvalue weighted by Crippen LogP contribution is 2.28. The summed E-state index contributed by atoms with van der Waals surface area (Å²) in [4.78, 5) is 12.2. The number of hydrogen-bond donors (Lipinski definition) is 0. The molecule has 7 heteroatoms. The second-order valence-corrected chi connectivity index (χ2v) is 6.63. The minimum Gasteiger partial charge on any atom is -0.493 e. The molecular weight excluding hydrogens is 372 g/mol. The van der Waals surface area contributed by atoms with Gasteiger partial charge in [0, 0.05) is 12.0 Å². The van der Waals surface area contributed by atoms with Crippen LogP contribution in [0.5, 0.6) is 11.5 Å². The van der Waals surface area contributed by atoms with Gasteiger partial charge in [-0.2, -0.15) is 0 Å². The third-order valence-corrected chi connectivity index (χ3v) is 4.46. The molecule has 0 aliphatic heterocycles. The second-order valence-electron chi connectivity index (χ2n) is 6.63. The van der Waals surface area contributed by atoms with Crippen molar-refractivity contribution in [3.63, 3.8) is 0 Å². The predicted molar refractivity (Wildman–Crippen MR) is 107 cm³/mol. The number of aromatic nitrogens is 2. The predicted octanol–water partition coefficient (Wildman–Crippen LogP) is 4.30. The third kappa shape index (κ3) is 5.13. The molecule has 0 bridgehead atoms. The molecule has 0 saturated carbocycles. The molecule has 0 spiro atoms. The molecule has 1 aromatic heterocycles. The summed E-state index contributed by atoms with van der Waals surface area (Å²) in [5, 5.41) is 8.04. The van der Waals surface area contributed by atoms with E-state index in [1.807, 2.05) is 49.4 Å². The maximum atomic E-state index is 12.2. The fraction of sp³-hybridized carbons (Fsp3) is 0.318. The minimum absolute atomic E-state index is 0.221. The first-order valence-corrected chi connectivity index (χ1v) is 9.31. The first-order valence-electron chi connectivity index (χ1n) is 9.31. The van der Waals surface area contributed by atoms with Gasteiger partial charge in [-0.05, 0) is 50.1 Å². The number of esters is 1. The van der Waals surface area contributed by atoms with Gasteiger partial charge in [0.05, 0.1) is 14.2 Å². The molecule has 0 aliphatic rings. The molecule has 1 atom stereocenters. The molecule has 1 heterocycles. The Morgan fingerprint density at radius 1 is 1.03 bits per heavy atom. The maximum absolute atomic E-state index is 12.2. The van der Waals surface area contributed by atoms with E-state index in [-0.39, 0.29) is 18.3 Å². The molecule has 0 radical (unpaired) electrons. The molecule has 3 aromatic rings. The summed E-state index contributed by atoms with van der Waals surface area (Å²) in [5.41, 5.74) is 2.92. The summed E-state index contributed by atoms with van der Waals surface area (Å²) >= 11 is 0. The van der Waals surface area contributed by atoms with Crippen LogP contribution in [0.15, 0.2) is 46.9 Å². The number of aryl methyl sites for hydroxylation is 2. The van der Waals surface area contributed by atoms with Crippen LogP contribution < -0.4 is 9.47 Å². The minimum atomic E-state index is -0.625. The number of ether oxygens (including phenoxy) is 3. The van der Waals surface area contributed by atoms with Crippen LogP contribution in [0.1, 0.15) is 36.5 Å². The summed E-state index contributed by atoms with van der Waals surface area (Å²) in [6.07, 6.45) is 0.114. The van der Waals surface area contributed by atoms with E-state index in [9.17, 15) is 4.79 Å². The fourth-order valence-corrected chi connectivity index (χ4v) is 2.80. The van der Waals surface area contributed by atoms with E-state index >= 15 is 0 Å². The average Bonchev–Trinajstić information content (AvgIpc) is 3.23. The zero-order chi connectivity index (χ0) is 20.8. The van der Waals surface area contributed by atoms with Crippen LogP contribution in [0.3, 0.4) is 0 Å². The first-order chi connectivity index (χ1) is 14.0. The molecular formula is C22H24N2O5. The Balaban J connectivity index is 1.56. The third-order valence-electron chi connectivity index (χ3n) is 4.46. The summed E-state index contributed by atoms with van der Waals surface area (Å²) in [7, 11) is 3.16. The molecule has 29 heavy (non-hydrogen) atoms. The van der Waals surface area contributed by atoms with Gasteiger partial charge in [0.25, 0.3) is 5.89 Å². The van der Waals surface area contributed by atoms with Gasteiger partial charge in [-0.1, -0.05) is 23.8 Å². The fourth-order valence-electron chi connectivity index (χ4n) is 2.80. The Kier molecular flexibility index (Phi) is 6.49. The SMILES string of the molecule is COc1ccc(CCC(=O)O[C@H](C)c2nnc(-c3ccc(C)cc3)o2)cc1OC. The number of carbonyl (C=O) groups excluding carboxylic acids is 1. The molecule has 0 aliphatic carbocycles. The van der Waals surface area contributed by atoms with Gasteiger partial charge in [0.2, 0.25) is 5.89 Å². The number of benzene rings is 2. The van der Waals surface area contributed by atoms with Gasteiger partial charge in [0.15, 0.2) is 17.6 Å². The standard InChI is InChI=1S/C22H24N2O5/c1-14-5-9-17(10-6-14)22-24-23-21(29-22)15(2)28-20(25)12-8-16-7-11-18(26-3)19(13-16)27-4/h5-7,9-11,13,15H,8,12H2,1-4H3/t15-/m1/s1. The average molecular weight is 396 g/mol. The lowest BCUT2D eigenvalue weighted by atomic mass is 10.1. The van der Waals surface area contributed by atoms with Crippen LogP contribution in [0.4, 0.5) is 0 Å². The number of methoxy groups -OCH3 is 2. The van der Waals surface area contributed by atoms with Crippen molar-refractivity contribution >= 4 is 5.97 Å². The van der Waals surface area contributed by atoms with Crippen LogP contribution in [-0.2, 0) is 16.0 Å². The van der Waals surface area contributed by atoms with Crippen molar-refractivity contribution < 1.29 is 23.4 Å². The van der Waals surface area contributed by atoms with Crippen molar-refractivity contribution in [2.24, 2.45) is 0 Å². The normalized spacial score (nSPS) is 11.7. The van der Waals surface area contributed by atoms with Gasteiger partial charge in [-0.3, -0.25) is 4.79 Å². The molecule has 0 N–H and O–H groups in total. The van der Waals surface area contributed by atoms with Gasteiger partial charge < -0.3 is 18.6 Å². The Bertz CT molecular complexity index is 966. The van der Waals surface area contributed by atoms with Crippen LogP contribution in [0.2, 0.25) is 0 Å². The quantitative estimate of drug-likeness (QED) is 0.525. The van der Waals surface area contributed by atoms with Gasteiger partial charge in [-0.15, -0.1) is 10.2 Å². The van der Waals surface area contributed by atoms with E-state index in [2.05, 4.69) is 10.2 Å². The van der Waals surface area contributed by atoms with Crippen molar-refractivity contribution in [1.82, 2.24) is 10.2 Å². The molecule has 2 aromatic carbocycles. The van der Waals surface area contributed by atoms with Crippen LogP contribution in [0, 0.1) is 6.92 Å². The number of nitrogens with zero attached hydrogens (tertiary/aromatic N) is 2. The van der Waals surface area contributed by atoms with Gasteiger partial charge >= 0.3 is 5.97 Å². The highest BCUT2D eigenvalue weighted by atomic mass is 16.6. The van der Waals surface area contributed by atoms with Crippen molar-refractivity contribution in [1.29, 1.82) is 0 Å². The van der Waals surface area contributed by atoms with Crippen molar-refractivity contribution in [3.05, 3.63) is 59.5 Å². The first kappa shape index (κ1) is 20.4. The lowest BCUT2D eigenvalue weighted by Gasteiger charge is -2.11. The van der Waals surface area contributed by atoms with E-state index in [4.69, 9.17) is 18.6 Å². The molecule has 152 valence electrons. The summed E-state index contributed by atoms with van der Waals surface area (Å²) in [6, 6.07) is 13.3. The number of rotatable bonds is 8. The zero-order valence-electron chi connectivity index (χ0n) is 17.0. The molecule has 0 amide bonds. The number of carbonyl (C=O) groups is 1. The Morgan fingerprint density at radius 2 is 1.76 bits per heavy atom. The van der Waals surface area contributed by atoms with Gasteiger partial charge in [0.1, 0.15) is 0 Å². The largest absolute Gasteiger partial charge is 0.493 e.